The Morgan fingerprint density at radius 1 is 1.33 bits per heavy atom. The van der Waals surface area contributed by atoms with Gasteiger partial charge < -0.3 is 9.73 Å². The van der Waals surface area contributed by atoms with E-state index in [1.54, 1.807) is 0 Å². The maximum absolute atomic E-state index is 5.49. The van der Waals surface area contributed by atoms with E-state index in [4.69, 9.17) is 4.42 Å². The van der Waals surface area contributed by atoms with Gasteiger partial charge in [-0.25, -0.2) is 0 Å². The smallest absolute Gasteiger partial charge is 0.169 e. The molecule has 1 saturated heterocycles. The van der Waals surface area contributed by atoms with E-state index in [1.807, 2.05) is 6.07 Å². The third-order valence-corrected chi connectivity index (χ3v) is 3.46. The van der Waals surface area contributed by atoms with Crippen molar-refractivity contribution >= 4 is 15.9 Å². The fraction of sp³-hybridized carbons (Fsp3) is 0.667. The average Bonchev–Trinajstić information content (AvgIpc) is 2.52. The normalized spacial score (nSPS) is 22.6. The molecule has 1 aromatic heterocycles. The van der Waals surface area contributed by atoms with E-state index < -0.39 is 0 Å². The minimum atomic E-state index is 0.691. The lowest BCUT2D eigenvalue weighted by Crippen LogP contribution is -2.28. The lowest BCUT2D eigenvalue weighted by Gasteiger charge is -2.14. The van der Waals surface area contributed by atoms with Crippen LogP contribution in [0.3, 0.4) is 0 Å². The Labute approximate surface area is 99.6 Å². The van der Waals surface area contributed by atoms with Crippen molar-refractivity contribution < 1.29 is 4.42 Å². The first kappa shape index (κ1) is 11.2. The van der Waals surface area contributed by atoms with Crippen LogP contribution in [0.5, 0.6) is 0 Å². The van der Waals surface area contributed by atoms with Gasteiger partial charge in [0, 0.05) is 12.5 Å². The van der Waals surface area contributed by atoms with Crippen LogP contribution in [0.4, 0.5) is 0 Å². The molecule has 1 atom stereocenters. The quantitative estimate of drug-likeness (QED) is 0.910. The van der Waals surface area contributed by atoms with Crippen LogP contribution >= 0.6 is 15.9 Å². The lowest BCUT2D eigenvalue weighted by molar-refractivity contribution is 0.433. The summed E-state index contributed by atoms with van der Waals surface area (Å²) in [6, 6.07) is 4.72. The van der Waals surface area contributed by atoms with E-state index in [0.717, 1.165) is 16.9 Å². The highest BCUT2D eigenvalue weighted by molar-refractivity contribution is 9.10. The van der Waals surface area contributed by atoms with Crippen molar-refractivity contribution in [2.24, 2.45) is 0 Å². The third-order valence-electron chi connectivity index (χ3n) is 3.03. The molecule has 0 bridgehead atoms. The molecule has 1 aliphatic rings. The standard InChI is InChI=1S/C12H18BrNO/c13-12-8-7-11(15-12)6-5-10-4-2-1-3-9-14-10/h7-8,10,14H,1-6,9H2. The Bertz CT molecular complexity index is 290. The monoisotopic (exact) mass is 271 g/mol. The molecular weight excluding hydrogens is 254 g/mol. The largest absolute Gasteiger partial charge is 0.454 e. The molecule has 2 heterocycles. The average molecular weight is 272 g/mol. The molecule has 1 unspecified atom stereocenters. The molecule has 1 aromatic rings. The van der Waals surface area contributed by atoms with Gasteiger partial charge in [0.1, 0.15) is 5.76 Å². The van der Waals surface area contributed by atoms with E-state index in [2.05, 4.69) is 27.3 Å². The summed E-state index contributed by atoms with van der Waals surface area (Å²) in [4.78, 5) is 0. The van der Waals surface area contributed by atoms with Crippen LogP contribution in [-0.2, 0) is 6.42 Å². The van der Waals surface area contributed by atoms with Crippen LogP contribution in [0.25, 0.3) is 0 Å². The van der Waals surface area contributed by atoms with Crippen molar-refractivity contribution in [3.8, 4) is 0 Å². The van der Waals surface area contributed by atoms with Gasteiger partial charge in [-0.1, -0.05) is 12.8 Å². The summed E-state index contributed by atoms with van der Waals surface area (Å²) < 4.78 is 6.33. The maximum Gasteiger partial charge on any atom is 0.169 e. The molecule has 1 fully saturated rings. The van der Waals surface area contributed by atoms with Gasteiger partial charge in [0.05, 0.1) is 0 Å². The highest BCUT2D eigenvalue weighted by Gasteiger charge is 2.11. The van der Waals surface area contributed by atoms with Gasteiger partial charge in [-0.05, 0) is 53.9 Å². The fourth-order valence-corrected chi connectivity index (χ4v) is 2.49. The van der Waals surface area contributed by atoms with E-state index in [0.29, 0.717) is 6.04 Å². The topological polar surface area (TPSA) is 25.2 Å². The number of aryl methyl sites for hydroxylation is 1. The molecule has 15 heavy (non-hydrogen) atoms. The highest BCUT2D eigenvalue weighted by Crippen LogP contribution is 2.18. The van der Waals surface area contributed by atoms with Crippen molar-refractivity contribution in [1.82, 2.24) is 5.32 Å². The summed E-state index contributed by atoms with van der Waals surface area (Å²) in [6.07, 6.45) is 7.66. The zero-order chi connectivity index (χ0) is 10.5. The van der Waals surface area contributed by atoms with Crippen LogP contribution in [0.2, 0.25) is 0 Å². The second kappa shape index (κ2) is 5.71. The summed E-state index contributed by atoms with van der Waals surface area (Å²) >= 11 is 3.33. The van der Waals surface area contributed by atoms with Crippen molar-refractivity contribution in [3.63, 3.8) is 0 Å². The minimum Gasteiger partial charge on any atom is -0.454 e. The Morgan fingerprint density at radius 2 is 2.27 bits per heavy atom. The third kappa shape index (κ3) is 3.65. The van der Waals surface area contributed by atoms with E-state index >= 15 is 0 Å². The molecule has 0 saturated carbocycles. The van der Waals surface area contributed by atoms with Crippen LogP contribution < -0.4 is 5.32 Å². The van der Waals surface area contributed by atoms with Gasteiger partial charge in [0.25, 0.3) is 0 Å². The van der Waals surface area contributed by atoms with E-state index in [1.165, 1.54) is 38.6 Å². The SMILES string of the molecule is Brc1ccc(CCC2CCCCCN2)o1. The van der Waals surface area contributed by atoms with Crippen LogP contribution in [-0.4, -0.2) is 12.6 Å². The van der Waals surface area contributed by atoms with Crippen LogP contribution in [0, 0.1) is 0 Å². The minimum absolute atomic E-state index is 0.691. The van der Waals surface area contributed by atoms with Crippen LogP contribution in [0.1, 0.15) is 37.9 Å². The summed E-state index contributed by atoms with van der Waals surface area (Å²) in [6.45, 7) is 1.19. The zero-order valence-corrected chi connectivity index (χ0v) is 10.6. The fourth-order valence-electron chi connectivity index (χ4n) is 2.15. The maximum atomic E-state index is 5.49. The van der Waals surface area contributed by atoms with Crippen LogP contribution in [0.15, 0.2) is 21.2 Å². The van der Waals surface area contributed by atoms with Gasteiger partial charge in [0.15, 0.2) is 4.67 Å². The Hall–Kier alpha value is -0.280. The van der Waals surface area contributed by atoms with Crippen molar-refractivity contribution in [3.05, 3.63) is 22.6 Å². The van der Waals surface area contributed by atoms with Gasteiger partial charge in [0.2, 0.25) is 0 Å². The second-order valence-electron chi connectivity index (χ2n) is 4.24. The molecule has 3 heteroatoms. The molecule has 0 aromatic carbocycles. The first-order chi connectivity index (χ1) is 7.34. The summed E-state index contributed by atoms with van der Waals surface area (Å²) in [7, 11) is 0. The summed E-state index contributed by atoms with van der Waals surface area (Å²) in [5.41, 5.74) is 0. The number of nitrogens with one attached hydrogen (secondary N) is 1. The second-order valence-corrected chi connectivity index (χ2v) is 5.03. The van der Waals surface area contributed by atoms with Gasteiger partial charge in [-0.3, -0.25) is 0 Å². The molecule has 2 nitrogen and oxygen atoms in total. The van der Waals surface area contributed by atoms with Gasteiger partial charge in [-0.2, -0.15) is 0 Å². The predicted octanol–water partition coefficient (Wildman–Crippen LogP) is 3.51. The van der Waals surface area contributed by atoms with Crippen molar-refractivity contribution in [2.45, 2.75) is 44.6 Å². The summed E-state index contributed by atoms with van der Waals surface area (Å²) in [5, 5.41) is 3.61. The number of hydrogen-bond donors (Lipinski definition) is 1. The highest BCUT2D eigenvalue weighted by atomic mass is 79.9. The Morgan fingerprint density at radius 3 is 3.07 bits per heavy atom. The molecule has 0 radical (unpaired) electrons. The predicted molar refractivity (Wildman–Crippen MR) is 65.0 cm³/mol. The number of rotatable bonds is 3. The number of hydrogen-bond acceptors (Lipinski definition) is 2. The first-order valence-electron chi connectivity index (χ1n) is 5.82. The van der Waals surface area contributed by atoms with Gasteiger partial charge >= 0.3 is 0 Å². The Kier molecular flexibility index (Phi) is 4.27. The van der Waals surface area contributed by atoms with E-state index in [9.17, 15) is 0 Å². The lowest BCUT2D eigenvalue weighted by atomic mass is 10.1. The zero-order valence-electron chi connectivity index (χ0n) is 8.97. The molecule has 1 N–H and O–H groups in total. The molecule has 84 valence electrons. The number of halogens is 1. The molecular formula is C12H18BrNO. The Balaban J connectivity index is 1.76. The van der Waals surface area contributed by atoms with Gasteiger partial charge in [-0.15, -0.1) is 0 Å². The molecule has 2 rings (SSSR count). The molecule has 0 aliphatic carbocycles. The molecule has 0 amide bonds. The number of furan rings is 1. The molecule has 1 aliphatic heterocycles. The first-order valence-corrected chi connectivity index (χ1v) is 6.61. The molecule has 0 spiro atoms. The van der Waals surface area contributed by atoms with Crippen molar-refractivity contribution in [2.75, 3.05) is 6.54 Å². The van der Waals surface area contributed by atoms with E-state index in [-0.39, 0.29) is 0 Å². The van der Waals surface area contributed by atoms with Crippen molar-refractivity contribution in [1.29, 1.82) is 0 Å². The summed E-state index contributed by atoms with van der Waals surface area (Å²) in [5.74, 6) is 1.09.